The quantitative estimate of drug-likeness (QED) is 0.405. The Balaban J connectivity index is 1.33. The minimum Gasteiger partial charge on any atom is -0.480 e. The van der Waals surface area contributed by atoms with Crippen molar-refractivity contribution in [2.45, 2.75) is 38.0 Å². The Morgan fingerprint density at radius 1 is 1.11 bits per heavy atom. The third kappa shape index (κ3) is 3.65. The second-order valence-corrected chi connectivity index (χ2v) is 9.75. The molecule has 0 unspecified atom stereocenters. The molecule has 0 atom stereocenters. The van der Waals surface area contributed by atoms with E-state index in [1.54, 1.807) is 20.4 Å². The zero-order valence-electron chi connectivity index (χ0n) is 19.2. The van der Waals surface area contributed by atoms with Crippen LogP contribution in [0.2, 0.25) is 0 Å². The van der Waals surface area contributed by atoms with Crippen molar-refractivity contribution in [2.75, 3.05) is 12.0 Å². The van der Waals surface area contributed by atoms with Crippen LogP contribution in [0.4, 0.5) is 18.3 Å². The molecule has 2 aliphatic rings. The lowest BCUT2D eigenvalue weighted by Gasteiger charge is -2.15. The number of halogens is 3. The zero-order valence-corrected chi connectivity index (χ0v) is 20.0. The maximum absolute atomic E-state index is 13.1. The Kier molecular flexibility index (Phi) is 4.88. The van der Waals surface area contributed by atoms with Gasteiger partial charge in [0.2, 0.25) is 5.88 Å². The lowest BCUT2D eigenvalue weighted by atomic mass is 10.0. The summed E-state index contributed by atoms with van der Waals surface area (Å²) in [5.41, 5.74) is 3.78. The maximum atomic E-state index is 13.1. The van der Waals surface area contributed by atoms with E-state index in [4.69, 9.17) is 9.84 Å². The van der Waals surface area contributed by atoms with Gasteiger partial charge < -0.3 is 14.2 Å². The van der Waals surface area contributed by atoms with Crippen LogP contribution in [0, 0.1) is 0 Å². The molecule has 1 aliphatic heterocycles. The first kappa shape index (κ1) is 22.0. The van der Waals surface area contributed by atoms with Crippen LogP contribution in [-0.4, -0.2) is 41.4 Å². The number of rotatable bonds is 5. The average Bonchev–Trinajstić information content (AvgIpc) is 3.14. The second kappa shape index (κ2) is 7.77. The number of aromatic nitrogens is 7. The molecule has 4 aromatic rings. The standard InChI is InChI=1S/C22H21F3N8OS/c1-31-9-15(22(23,24)25)29-19(31)14-6-26-21(35-14)33-7-12-13(8-33)32(2)30-18(12)16-17(11-4-5-11)27-10-28-20(16)34-3/h6,9-11H,4-5,7-8H2,1-3H3. The van der Waals surface area contributed by atoms with E-state index >= 15 is 0 Å². The van der Waals surface area contributed by atoms with Gasteiger partial charge in [-0.3, -0.25) is 4.68 Å². The molecule has 0 saturated heterocycles. The van der Waals surface area contributed by atoms with E-state index < -0.39 is 11.9 Å². The molecule has 4 aromatic heterocycles. The summed E-state index contributed by atoms with van der Waals surface area (Å²) in [6.45, 7) is 1.14. The van der Waals surface area contributed by atoms with E-state index in [0.29, 0.717) is 34.9 Å². The number of hydrogen-bond acceptors (Lipinski definition) is 8. The number of hydrogen-bond donors (Lipinski definition) is 0. The Bertz CT molecular complexity index is 1440. The van der Waals surface area contributed by atoms with Crippen LogP contribution >= 0.6 is 11.3 Å². The molecule has 0 radical (unpaired) electrons. The number of aryl methyl sites for hydroxylation is 2. The number of anilines is 1. The van der Waals surface area contributed by atoms with Gasteiger partial charge in [0.1, 0.15) is 12.0 Å². The predicted octanol–water partition coefficient (Wildman–Crippen LogP) is 4.16. The number of fused-ring (bicyclic) bond motifs is 1. The average molecular weight is 503 g/mol. The van der Waals surface area contributed by atoms with E-state index in [0.717, 1.165) is 47.2 Å². The van der Waals surface area contributed by atoms with Gasteiger partial charge in [-0.2, -0.15) is 18.3 Å². The molecule has 9 nitrogen and oxygen atoms in total. The van der Waals surface area contributed by atoms with Crippen molar-refractivity contribution < 1.29 is 17.9 Å². The highest BCUT2D eigenvalue weighted by molar-refractivity contribution is 7.18. The lowest BCUT2D eigenvalue weighted by Crippen LogP contribution is -2.16. The summed E-state index contributed by atoms with van der Waals surface area (Å²) in [5, 5.41) is 5.50. The molecule has 182 valence electrons. The Labute approximate surface area is 202 Å². The minimum atomic E-state index is -4.49. The van der Waals surface area contributed by atoms with E-state index in [-0.39, 0.29) is 5.82 Å². The Hall–Kier alpha value is -3.48. The fraction of sp³-hybridized carbons (Fsp3) is 0.409. The zero-order chi connectivity index (χ0) is 24.5. The van der Waals surface area contributed by atoms with Gasteiger partial charge in [0.05, 0.1) is 41.7 Å². The third-order valence-electron chi connectivity index (χ3n) is 6.35. The normalized spacial score (nSPS) is 15.7. The van der Waals surface area contributed by atoms with Gasteiger partial charge in [-0.15, -0.1) is 0 Å². The summed E-state index contributed by atoms with van der Waals surface area (Å²) in [7, 11) is 5.04. The predicted molar refractivity (Wildman–Crippen MR) is 122 cm³/mol. The maximum Gasteiger partial charge on any atom is 0.434 e. The molecule has 0 amide bonds. The van der Waals surface area contributed by atoms with Crippen LogP contribution in [0.1, 0.15) is 41.4 Å². The van der Waals surface area contributed by atoms with Gasteiger partial charge in [0.25, 0.3) is 0 Å². The number of thiazole rings is 1. The number of ether oxygens (including phenoxy) is 1. The molecule has 1 aliphatic carbocycles. The van der Waals surface area contributed by atoms with Gasteiger partial charge in [-0.1, -0.05) is 11.3 Å². The van der Waals surface area contributed by atoms with Crippen molar-refractivity contribution in [3.8, 4) is 27.8 Å². The van der Waals surface area contributed by atoms with Crippen LogP contribution in [0.25, 0.3) is 22.0 Å². The largest absolute Gasteiger partial charge is 0.480 e. The SMILES string of the molecule is COc1ncnc(C2CC2)c1-c1nn(C)c2c1CN(c1ncc(-c3nc(C(F)(F)F)cn3C)s1)C2. The minimum absolute atomic E-state index is 0.236. The first-order chi connectivity index (χ1) is 16.7. The number of alkyl halides is 3. The monoisotopic (exact) mass is 502 g/mol. The van der Waals surface area contributed by atoms with Gasteiger partial charge in [0.15, 0.2) is 16.6 Å². The van der Waals surface area contributed by atoms with Crippen molar-refractivity contribution in [2.24, 2.45) is 14.1 Å². The van der Waals surface area contributed by atoms with Crippen LogP contribution in [0.3, 0.4) is 0 Å². The molecule has 5 heterocycles. The van der Waals surface area contributed by atoms with Crippen LogP contribution in [-0.2, 0) is 33.4 Å². The van der Waals surface area contributed by atoms with Gasteiger partial charge in [0, 0.05) is 38.3 Å². The van der Waals surface area contributed by atoms with Crippen molar-refractivity contribution in [3.63, 3.8) is 0 Å². The van der Waals surface area contributed by atoms with Crippen molar-refractivity contribution in [1.29, 1.82) is 0 Å². The summed E-state index contributed by atoms with van der Waals surface area (Å²) >= 11 is 1.31. The fourth-order valence-corrected chi connectivity index (χ4v) is 5.45. The highest BCUT2D eigenvalue weighted by atomic mass is 32.1. The third-order valence-corrected chi connectivity index (χ3v) is 7.41. The van der Waals surface area contributed by atoms with Gasteiger partial charge in [-0.05, 0) is 12.8 Å². The van der Waals surface area contributed by atoms with Crippen molar-refractivity contribution in [3.05, 3.63) is 41.4 Å². The smallest absolute Gasteiger partial charge is 0.434 e. The highest BCUT2D eigenvalue weighted by Crippen LogP contribution is 2.47. The van der Waals surface area contributed by atoms with Gasteiger partial charge >= 0.3 is 6.18 Å². The summed E-state index contributed by atoms with van der Waals surface area (Å²) < 4.78 is 48.1. The summed E-state index contributed by atoms with van der Waals surface area (Å²) in [4.78, 5) is 19.8. The molecule has 0 aromatic carbocycles. The van der Waals surface area contributed by atoms with Gasteiger partial charge in [-0.25, -0.2) is 19.9 Å². The molecule has 13 heteroatoms. The van der Waals surface area contributed by atoms with Crippen molar-refractivity contribution in [1.82, 2.24) is 34.3 Å². The van der Waals surface area contributed by atoms with Crippen LogP contribution in [0.5, 0.6) is 5.88 Å². The first-order valence-corrected chi connectivity index (χ1v) is 11.8. The number of nitrogens with zero attached hydrogens (tertiary/aromatic N) is 8. The summed E-state index contributed by atoms with van der Waals surface area (Å²) in [6.07, 6.45) is 1.77. The van der Waals surface area contributed by atoms with E-state index in [1.807, 2.05) is 11.7 Å². The molecule has 6 rings (SSSR count). The topological polar surface area (TPSA) is 86.8 Å². The van der Waals surface area contributed by atoms with Crippen molar-refractivity contribution >= 4 is 16.5 Å². The first-order valence-electron chi connectivity index (χ1n) is 11.0. The number of methoxy groups -OCH3 is 1. The molecular formula is C22H21F3N8OS. The molecule has 35 heavy (non-hydrogen) atoms. The Morgan fingerprint density at radius 3 is 2.60 bits per heavy atom. The summed E-state index contributed by atoms with van der Waals surface area (Å²) in [6, 6.07) is 0. The molecule has 0 N–H and O–H groups in total. The molecule has 1 saturated carbocycles. The van der Waals surface area contributed by atoms with Crippen LogP contribution in [0.15, 0.2) is 18.7 Å². The Morgan fingerprint density at radius 2 is 1.91 bits per heavy atom. The van der Waals surface area contributed by atoms with E-state index in [9.17, 15) is 13.2 Å². The fourth-order valence-electron chi connectivity index (χ4n) is 4.50. The molecule has 0 spiro atoms. The van der Waals surface area contributed by atoms with Crippen LogP contribution < -0.4 is 9.64 Å². The van der Waals surface area contributed by atoms with E-state index in [1.165, 1.54) is 22.2 Å². The highest BCUT2D eigenvalue weighted by Gasteiger charge is 2.37. The molecular weight excluding hydrogens is 481 g/mol. The molecule has 0 bridgehead atoms. The second-order valence-electron chi connectivity index (χ2n) is 8.74. The lowest BCUT2D eigenvalue weighted by molar-refractivity contribution is -0.140. The number of imidazole rings is 1. The summed E-state index contributed by atoms with van der Waals surface area (Å²) in [5.74, 6) is 1.13. The molecule has 1 fully saturated rings. The van der Waals surface area contributed by atoms with E-state index in [2.05, 4.69) is 24.8 Å².